The summed E-state index contributed by atoms with van der Waals surface area (Å²) in [5, 5.41) is 12.9. The highest BCUT2D eigenvalue weighted by Crippen LogP contribution is 2.40. The third-order valence-corrected chi connectivity index (χ3v) is 5.76. The molecular weight excluding hydrogens is 399 g/mol. The number of halogens is 1. The number of anilines is 2. The highest BCUT2D eigenvalue weighted by Gasteiger charge is 2.30. The zero-order valence-corrected chi connectivity index (χ0v) is 16.9. The average molecular weight is 420 g/mol. The number of carboxylic acid groups (broad SMARTS) is 1. The fourth-order valence-corrected chi connectivity index (χ4v) is 4.28. The SMILES string of the molecule is C/C1=C\COc2ccc(F)cc2[C@H]2CCCN2c2ccc3ncc(C(=O)O)c(c3n2)N1. The quantitative estimate of drug-likeness (QED) is 0.599. The van der Waals surface area contributed by atoms with E-state index in [1.165, 1.54) is 18.3 Å². The van der Waals surface area contributed by atoms with Gasteiger partial charge >= 0.3 is 5.97 Å². The van der Waals surface area contributed by atoms with Gasteiger partial charge in [-0.2, -0.15) is 0 Å². The number of hydrogen-bond donors (Lipinski definition) is 2. The Morgan fingerprint density at radius 1 is 1.32 bits per heavy atom. The largest absolute Gasteiger partial charge is 0.489 e. The van der Waals surface area contributed by atoms with Crippen LogP contribution < -0.4 is 15.0 Å². The summed E-state index contributed by atoms with van der Waals surface area (Å²) in [5.41, 5.74) is 3.02. The number of ether oxygens (including phenoxy) is 1. The Morgan fingerprint density at radius 2 is 2.19 bits per heavy atom. The predicted molar refractivity (Wildman–Crippen MR) is 115 cm³/mol. The van der Waals surface area contributed by atoms with Crippen molar-refractivity contribution in [2.24, 2.45) is 0 Å². The van der Waals surface area contributed by atoms with Crippen LogP contribution in [-0.2, 0) is 0 Å². The molecule has 0 unspecified atom stereocenters. The maximum absolute atomic E-state index is 14.1. The Kier molecular flexibility index (Phi) is 4.69. The van der Waals surface area contributed by atoms with Crippen LogP contribution in [0.4, 0.5) is 15.9 Å². The highest BCUT2D eigenvalue weighted by atomic mass is 19.1. The normalized spacial score (nSPS) is 19.7. The zero-order chi connectivity index (χ0) is 21.5. The first kappa shape index (κ1) is 19.3. The molecule has 0 aliphatic carbocycles. The second kappa shape index (κ2) is 7.54. The Morgan fingerprint density at radius 3 is 3.03 bits per heavy atom. The lowest BCUT2D eigenvalue weighted by molar-refractivity contribution is 0.0697. The van der Waals surface area contributed by atoms with Crippen LogP contribution in [0.3, 0.4) is 0 Å². The Labute approximate surface area is 178 Å². The molecule has 3 aromatic rings. The van der Waals surface area contributed by atoms with Crippen molar-refractivity contribution in [2.75, 3.05) is 23.4 Å². The number of nitrogens with zero attached hydrogens (tertiary/aromatic N) is 3. The molecule has 1 aromatic carbocycles. The minimum atomic E-state index is -1.08. The van der Waals surface area contributed by atoms with E-state index in [2.05, 4.69) is 15.2 Å². The third kappa shape index (κ3) is 3.43. The van der Waals surface area contributed by atoms with E-state index in [0.29, 0.717) is 34.0 Å². The molecule has 0 radical (unpaired) electrons. The molecule has 1 atom stereocenters. The summed E-state index contributed by atoms with van der Waals surface area (Å²) in [4.78, 5) is 23.1. The molecule has 0 spiro atoms. The van der Waals surface area contributed by atoms with E-state index < -0.39 is 5.97 Å². The van der Waals surface area contributed by atoms with Crippen LogP contribution >= 0.6 is 0 Å². The standard InChI is InChI=1S/C23H21FN4O3/c1-13-8-10-31-19-6-4-14(24)11-15(19)18-3-2-9-28(18)20-7-5-17-22(27-20)21(26-13)16(12-25-17)23(29)30/h4-8,11-12,18,26H,2-3,9-10H2,1H3,(H,29,30)/b13-8+/t18-/m1/s1. The van der Waals surface area contributed by atoms with Crippen molar-refractivity contribution >= 4 is 28.5 Å². The summed E-state index contributed by atoms with van der Waals surface area (Å²) < 4.78 is 20.1. The van der Waals surface area contributed by atoms with Crippen molar-refractivity contribution in [3.05, 3.63) is 65.2 Å². The van der Waals surface area contributed by atoms with Crippen LogP contribution in [0.15, 0.2) is 48.3 Å². The summed E-state index contributed by atoms with van der Waals surface area (Å²) in [6.07, 6.45) is 4.93. The van der Waals surface area contributed by atoms with E-state index in [1.807, 2.05) is 25.1 Å². The molecule has 5 rings (SSSR count). The molecule has 1 fully saturated rings. The number of fused-ring (bicyclic) bond motifs is 5. The van der Waals surface area contributed by atoms with E-state index in [0.717, 1.165) is 24.9 Å². The molecule has 2 N–H and O–H groups in total. The fourth-order valence-electron chi connectivity index (χ4n) is 4.28. The van der Waals surface area contributed by atoms with Crippen molar-refractivity contribution in [3.8, 4) is 5.75 Å². The molecule has 1 saturated heterocycles. The second-order valence-electron chi connectivity index (χ2n) is 7.75. The first-order chi connectivity index (χ1) is 15.0. The fraction of sp³-hybridized carbons (Fsp3) is 0.261. The van der Waals surface area contributed by atoms with Crippen molar-refractivity contribution in [1.82, 2.24) is 9.97 Å². The topological polar surface area (TPSA) is 87.6 Å². The first-order valence-electron chi connectivity index (χ1n) is 10.2. The molecule has 2 aliphatic rings. The number of carbonyl (C=O) groups is 1. The van der Waals surface area contributed by atoms with Gasteiger partial charge in [-0.1, -0.05) is 0 Å². The first-order valence-corrected chi connectivity index (χ1v) is 10.2. The van der Waals surface area contributed by atoms with Crippen LogP contribution in [0.1, 0.15) is 41.7 Å². The zero-order valence-electron chi connectivity index (χ0n) is 16.9. The summed E-state index contributed by atoms with van der Waals surface area (Å²) in [6, 6.07) is 8.22. The maximum Gasteiger partial charge on any atom is 0.339 e. The number of rotatable bonds is 1. The smallest absolute Gasteiger partial charge is 0.339 e. The van der Waals surface area contributed by atoms with E-state index in [1.54, 1.807) is 6.07 Å². The van der Waals surface area contributed by atoms with Gasteiger partial charge < -0.3 is 20.1 Å². The number of aromatic carboxylic acids is 1. The molecule has 8 heteroatoms. The number of benzene rings is 1. The minimum absolute atomic E-state index is 0.0454. The summed E-state index contributed by atoms with van der Waals surface area (Å²) in [7, 11) is 0. The lowest BCUT2D eigenvalue weighted by Crippen LogP contribution is -2.24. The van der Waals surface area contributed by atoms with Gasteiger partial charge in [-0.25, -0.2) is 14.2 Å². The monoisotopic (exact) mass is 420 g/mol. The van der Waals surface area contributed by atoms with Gasteiger partial charge in [0.15, 0.2) is 0 Å². The molecule has 31 heavy (non-hydrogen) atoms. The molecule has 2 aromatic heterocycles. The van der Waals surface area contributed by atoms with Crippen LogP contribution in [0.5, 0.6) is 5.75 Å². The molecule has 4 heterocycles. The highest BCUT2D eigenvalue weighted by molar-refractivity contribution is 6.03. The molecular formula is C23H21FN4O3. The summed E-state index contributed by atoms with van der Waals surface area (Å²) in [5.74, 6) is -0.0677. The Balaban J connectivity index is 1.74. The van der Waals surface area contributed by atoms with Crippen LogP contribution in [0.25, 0.3) is 11.0 Å². The number of aromatic nitrogens is 2. The Bertz CT molecular complexity index is 1230. The van der Waals surface area contributed by atoms with Gasteiger partial charge in [0.1, 0.15) is 35.1 Å². The lowest BCUT2D eigenvalue weighted by atomic mass is 10.0. The van der Waals surface area contributed by atoms with Gasteiger partial charge in [0, 0.05) is 24.0 Å². The lowest BCUT2D eigenvalue weighted by Gasteiger charge is -2.27. The van der Waals surface area contributed by atoms with E-state index in [4.69, 9.17) is 9.72 Å². The van der Waals surface area contributed by atoms with E-state index in [9.17, 15) is 14.3 Å². The minimum Gasteiger partial charge on any atom is -0.489 e. The van der Waals surface area contributed by atoms with Crippen molar-refractivity contribution < 1.29 is 19.0 Å². The van der Waals surface area contributed by atoms with E-state index >= 15 is 0 Å². The van der Waals surface area contributed by atoms with Crippen molar-refractivity contribution in [3.63, 3.8) is 0 Å². The van der Waals surface area contributed by atoms with Crippen LogP contribution in [0, 0.1) is 5.82 Å². The van der Waals surface area contributed by atoms with Crippen molar-refractivity contribution in [1.29, 1.82) is 0 Å². The van der Waals surface area contributed by atoms with Gasteiger partial charge in [-0.15, -0.1) is 0 Å². The van der Waals surface area contributed by atoms with Gasteiger partial charge in [-0.05, 0) is 56.2 Å². The molecule has 158 valence electrons. The molecule has 0 saturated carbocycles. The van der Waals surface area contributed by atoms with Gasteiger partial charge in [0.2, 0.25) is 0 Å². The molecule has 7 nitrogen and oxygen atoms in total. The molecule has 2 bridgehead atoms. The molecule has 2 aliphatic heterocycles. The predicted octanol–water partition coefficient (Wildman–Crippen LogP) is 4.52. The maximum atomic E-state index is 14.1. The third-order valence-electron chi connectivity index (χ3n) is 5.76. The number of carboxylic acids is 1. The second-order valence-corrected chi connectivity index (χ2v) is 7.75. The number of allylic oxidation sites excluding steroid dienone is 1. The Hall–Kier alpha value is -3.68. The van der Waals surface area contributed by atoms with Crippen molar-refractivity contribution in [2.45, 2.75) is 25.8 Å². The number of hydrogen-bond acceptors (Lipinski definition) is 6. The number of pyridine rings is 2. The summed E-state index contributed by atoms with van der Waals surface area (Å²) in [6.45, 7) is 2.84. The van der Waals surface area contributed by atoms with Gasteiger partial charge in [0.05, 0.1) is 17.2 Å². The van der Waals surface area contributed by atoms with Crippen LogP contribution in [0.2, 0.25) is 0 Å². The summed E-state index contributed by atoms with van der Waals surface area (Å²) >= 11 is 0. The van der Waals surface area contributed by atoms with Gasteiger partial charge in [-0.3, -0.25) is 4.98 Å². The molecule has 0 amide bonds. The van der Waals surface area contributed by atoms with Gasteiger partial charge in [0.25, 0.3) is 0 Å². The average Bonchev–Trinajstić information content (AvgIpc) is 3.23. The number of nitrogens with one attached hydrogen (secondary N) is 1. The van der Waals surface area contributed by atoms with Crippen LogP contribution in [-0.4, -0.2) is 34.2 Å². The van der Waals surface area contributed by atoms with E-state index in [-0.39, 0.29) is 24.0 Å².